The van der Waals surface area contributed by atoms with E-state index < -0.39 is 24.5 Å². The number of nitrogens with one attached hydrogen (secondary N) is 2. The van der Waals surface area contributed by atoms with E-state index in [4.69, 9.17) is 27.9 Å². The molecule has 4 bridgehead atoms. The molecule has 2 N–H and O–H groups in total. The van der Waals surface area contributed by atoms with Crippen LogP contribution in [0, 0.1) is 17.8 Å². The molecular formula is C20H22Cl2N2O4. The predicted octanol–water partition coefficient (Wildman–Crippen LogP) is 3.94. The number of urea groups is 1. The van der Waals surface area contributed by atoms with E-state index in [9.17, 15) is 14.4 Å². The van der Waals surface area contributed by atoms with Gasteiger partial charge in [-0.2, -0.15) is 0 Å². The molecule has 0 unspecified atom stereocenters. The molecule has 4 aliphatic rings. The Balaban J connectivity index is 1.28. The molecule has 150 valence electrons. The van der Waals surface area contributed by atoms with Crippen LogP contribution in [0.3, 0.4) is 0 Å². The first-order chi connectivity index (χ1) is 13.3. The molecule has 1 aromatic carbocycles. The van der Waals surface area contributed by atoms with Crippen molar-refractivity contribution in [3.05, 3.63) is 33.8 Å². The van der Waals surface area contributed by atoms with Gasteiger partial charge in [0.25, 0.3) is 5.91 Å². The quantitative estimate of drug-likeness (QED) is 0.716. The standard InChI is InChI=1S/C20H22Cl2N2O4/c21-14-1-2-16(22)15(6-14)18(26)28-10-17(25)23-19(27)24-20-7-11-3-12(8-20)5-13(4-11)9-20/h1-2,6,11-13H,3-5,7-10H2,(H2,23,24,25,27). The molecule has 0 radical (unpaired) electrons. The Labute approximate surface area is 173 Å². The van der Waals surface area contributed by atoms with E-state index >= 15 is 0 Å². The Morgan fingerprint density at radius 1 is 1.04 bits per heavy atom. The molecule has 8 heteroatoms. The summed E-state index contributed by atoms with van der Waals surface area (Å²) >= 11 is 11.8. The highest BCUT2D eigenvalue weighted by Crippen LogP contribution is 2.55. The largest absolute Gasteiger partial charge is 0.452 e. The van der Waals surface area contributed by atoms with Crippen LogP contribution in [0.4, 0.5) is 4.79 Å². The van der Waals surface area contributed by atoms with E-state index in [2.05, 4.69) is 10.6 Å². The van der Waals surface area contributed by atoms with Gasteiger partial charge in [0, 0.05) is 10.6 Å². The Morgan fingerprint density at radius 2 is 1.64 bits per heavy atom. The Morgan fingerprint density at radius 3 is 2.25 bits per heavy atom. The first kappa shape index (κ1) is 19.5. The lowest BCUT2D eigenvalue weighted by Crippen LogP contribution is -2.62. The molecule has 0 saturated heterocycles. The minimum Gasteiger partial charge on any atom is -0.452 e. The zero-order chi connectivity index (χ0) is 19.9. The number of carbonyl (C=O) groups is 3. The lowest BCUT2D eigenvalue weighted by molar-refractivity contribution is -0.123. The van der Waals surface area contributed by atoms with Crippen molar-refractivity contribution in [1.82, 2.24) is 10.6 Å². The maximum absolute atomic E-state index is 12.3. The van der Waals surface area contributed by atoms with Crippen LogP contribution in [0.5, 0.6) is 0 Å². The van der Waals surface area contributed by atoms with Crippen LogP contribution >= 0.6 is 23.2 Å². The highest BCUT2D eigenvalue weighted by molar-refractivity contribution is 6.35. The fourth-order valence-electron chi connectivity index (χ4n) is 5.56. The normalized spacial score (nSPS) is 30.0. The summed E-state index contributed by atoms with van der Waals surface area (Å²) in [7, 11) is 0. The van der Waals surface area contributed by atoms with Crippen LogP contribution in [0.1, 0.15) is 48.9 Å². The van der Waals surface area contributed by atoms with Crippen LogP contribution in [-0.2, 0) is 9.53 Å². The van der Waals surface area contributed by atoms with Gasteiger partial charge in [0.15, 0.2) is 6.61 Å². The van der Waals surface area contributed by atoms with Crippen molar-refractivity contribution in [2.45, 2.75) is 44.1 Å². The van der Waals surface area contributed by atoms with Gasteiger partial charge in [-0.1, -0.05) is 23.2 Å². The van der Waals surface area contributed by atoms with E-state index in [-0.39, 0.29) is 16.1 Å². The van der Waals surface area contributed by atoms with Gasteiger partial charge in [-0.3, -0.25) is 10.1 Å². The number of benzene rings is 1. The summed E-state index contributed by atoms with van der Waals surface area (Å²) in [6, 6.07) is 3.86. The summed E-state index contributed by atoms with van der Waals surface area (Å²) in [6.45, 7) is -0.573. The van der Waals surface area contributed by atoms with Crippen LogP contribution in [0.25, 0.3) is 0 Å². The van der Waals surface area contributed by atoms with Crippen LogP contribution in [0.2, 0.25) is 10.0 Å². The van der Waals surface area contributed by atoms with Crippen LogP contribution < -0.4 is 10.6 Å². The smallest absolute Gasteiger partial charge is 0.340 e. The first-order valence-corrected chi connectivity index (χ1v) is 10.3. The van der Waals surface area contributed by atoms with Gasteiger partial charge in [-0.05, 0) is 74.5 Å². The summed E-state index contributed by atoms with van der Waals surface area (Å²) in [5.74, 6) is 0.597. The van der Waals surface area contributed by atoms with E-state index in [1.165, 1.54) is 31.4 Å². The SMILES string of the molecule is O=C(COC(=O)c1cc(Cl)ccc1Cl)NC(=O)NC12CC3CC(CC(C3)C1)C2. The number of imide groups is 1. The van der Waals surface area contributed by atoms with E-state index in [0.29, 0.717) is 22.8 Å². The van der Waals surface area contributed by atoms with Gasteiger partial charge in [-0.25, -0.2) is 9.59 Å². The van der Waals surface area contributed by atoms with Crippen LogP contribution in [-0.4, -0.2) is 30.1 Å². The number of halogens is 2. The molecule has 0 atom stereocenters. The predicted molar refractivity (Wildman–Crippen MR) is 104 cm³/mol. The summed E-state index contributed by atoms with van der Waals surface area (Å²) in [5.41, 5.74) is -0.121. The van der Waals surface area contributed by atoms with Gasteiger partial charge in [-0.15, -0.1) is 0 Å². The second-order valence-corrected chi connectivity index (χ2v) is 9.24. The lowest BCUT2D eigenvalue weighted by atomic mass is 9.53. The van der Waals surface area contributed by atoms with Gasteiger partial charge >= 0.3 is 12.0 Å². The summed E-state index contributed by atoms with van der Waals surface area (Å²) < 4.78 is 4.95. The van der Waals surface area contributed by atoms with Crippen molar-refractivity contribution < 1.29 is 19.1 Å². The molecule has 4 saturated carbocycles. The highest BCUT2D eigenvalue weighted by Gasteiger charge is 2.51. The number of hydrogen-bond acceptors (Lipinski definition) is 4. The number of esters is 1. The van der Waals surface area contributed by atoms with Gasteiger partial charge in [0.1, 0.15) is 0 Å². The zero-order valence-corrected chi connectivity index (χ0v) is 16.8. The van der Waals surface area contributed by atoms with E-state index in [0.717, 1.165) is 19.3 Å². The van der Waals surface area contributed by atoms with Gasteiger partial charge in [0.2, 0.25) is 0 Å². The van der Waals surface area contributed by atoms with Crippen molar-refractivity contribution in [2.24, 2.45) is 17.8 Å². The summed E-state index contributed by atoms with van der Waals surface area (Å²) in [6.07, 6.45) is 6.77. The second-order valence-electron chi connectivity index (χ2n) is 8.40. The van der Waals surface area contributed by atoms with Crippen molar-refractivity contribution in [1.29, 1.82) is 0 Å². The fourth-order valence-corrected chi connectivity index (χ4v) is 5.93. The average Bonchev–Trinajstić information content (AvgIpc) is 2.60. The monoisotopic (exact) mass is 424 g/mol. The summed E-state index contributed by atoms with van der Waals surface area (Å²) in [4.78, 5) is 36.4. The molecule has 0 aliphatic heterocycles. The third-order valence-corrected chi connectivity index (χ3v) is 6.72. The number of hydrogen-bond donors (Lipinski definition) is 2. The topological polar surface area (TPSA) is 84.5 Å². The molecule has 0 aromatic heterocycles. The third-order valence-electron chi connectivity index (χ3n) is 6.15. The minimum atomic E-state index is -0.774. The van der Waals surface area contributed by atoms with Crippen molar-refractivity contribution in [2.75, 3.05) is 6.61 Å². The molecule has 0 heterocycles. The maximum atomic E-state index is 12.3. The molecule has 28 heavy (non-hydrogen) atoms. The average molecular weight is 425 g/mol. The molecule has 5 rings (SSSR count). The van der Waals surface area contributed by atoms with Crippen molar-refractivity contribution >= 4 is 41.1 Å². The Bertz CT molecular complexity index is 791. The molecule has 6 nitrogen and oxygen atoms in total. The van der Waals surface area contributed by atoms with Crippen molar-refractivity contribution in [3.63, 3.8) is 0 Å². The fraction of sp³-hybridized carbons (Fsp3) is 0.550. The third kappa shape index (κ3) is 4.13. The van der Waals surface area contributed by atoms with Crippen LogP contribution in [0.15, 0.2) is 18.2 Å². The molecule has 1 aromatic rings. The Kier molecular flexibility index (Phi) is 5.27. The number of amides is 3. The van der Waals surface area contributed by atoms with Gasteiger partial charge in [0.05, 0.1) is 10.6 Å². The van der Waals surface area contributed by atoms with E-state index in [1.807, 2.05) is 0 Å². The molecule has 4 aliphatic carbocycles. The number of carbonyl (C=O) groups excluding carboxylic acids is 3. The van der Waals surface area contributed by atoms with Crippen molar-refractivity contribution in [3.8, 4) is 0 Å². The number of ether oxygens (including phenoxy) is 1. The molecule has 4 fully saturated rings. The first-order valence-electron chi connectivity index (χ1n) is 9.56. The molecule has 3 amide bonds. The summed E-state index contributed by atoms with van der Waals surface area (Å²) in [5, 5.41) is 5.81. The maximum Gasteiger partial charge on any atom is 0.340 e. The highest BCUT2D eigenvalue weighted by atomic mass is 35.5. The Hall–Kier alpha value is -1.79. The zero-order valence-electron chi connectivity index (χ0n) is 15.3. The number of rotatable bonds is 4. The molecular weight excluding hydrogens is 403 g/mol. The second kappa shape index (κ2) is 7.56. The minimum absolute atomic E-state index is 0.0694. The van der Waals surface area contributed by atoms with E-state index in [1.54, 1.807) is 6.07 Å². The molecule has 0 spiro atoms. The lowest BCUT2D eigenvalue weighted by Gasteiger charge is -2.56. The van der Waals surface area contributed by atoms with Gasteiger partial charge < -0.3 is 10.1 Å².